The van der Waals surface area contributed by atoms with Crippen molar-refractivity contribution in [2.45, 2.75) is 38.1 Å². The van der Waals surface area contributed by atoms with Crippen molar-refractivity contribution in [3.8, 4) is 22.8 Å². The van der Waals surface area contributed by atoms with Crippen LogP contribution in [-0.4, -0.2) is 9.13 Å². The summed E-state index contributed by atoms with van der Waals surface area (Å²) in [5.74, 6) is 0. The molecule has 2 aromatic carbocycles. The van der Waals surface area contributed by atoms with E-state index in [1.807, 2.05) is 0 Å². The number of para-hydroxylation sites is 2. The fourth-order valence-electron chi connectivity index (χ4n) is 7.54. The molecule has 0 unspecified atom stereocenters. The average Bonchev–Trinajstić information content (AvgIpc) is 3.62. The Morgan fingerprint density at radius 1 is 0.667 bits per heavy atom. The molecule has 0 radical (unpaired) electrons. The maximum Gasteiger partial charge on any atom is 0.230 e. The van der Waals surface area contributed by atoms with Gasteiger partial charge in [0.15, 0.2) is 16.9 Å². The molecule has 1 saturated carbocycles. The summed E-state index contributed by atoms with van der Waals surface area (Å²) < 4.78 is 10.00. The van der Waals surface area contributed by atoms with Crippen LogP contribution in [0.1, 0.15) is 35.4 Å². The van der Waals surface area contributed by atoms with Gasteiger partial charge in [0.2, 0.25) is 11.4 Å². The van der Waals surface area contributed by atoms with E-state index in [0.717, 1.165) is 12.8 Å². The van der Waals surface area contributed by atoms with Crippen molar-refractivity contribution < 1.29 is 9.13 Å². The largest absolute Gasteiger partial charge is 0.338 e. The van der Waals surface area contributed by atoms with Gasteiger partial charge >= 0.3 is 0 Å². The van der Waals surface area contributed by atoms with Crippen LogP contribution in [0.3, 0.4) is 0 Å². The summed E-state index contributed by atoms with van der Waals surface area (Å²) in [4.78, 5) is 0. The molecule has 1 spiro atoms. The number of pyridine rings is 2. The average molecular weight is 511 g/mol. The molecular weight excluding hydrogens is 476 g/mol. The van der Waals surface area contributed by atoms with Gasteiger partial charge in [-0.3, -0.25) is 0 Å². The van der Waals surface area contributed by atoms with Gasteiger partial charge in [-0.2, -0.15) is 9.13 Å². The van der Waals surface area contributed by atoms with Crippen molar-refractivity contribution in [3.63, 3.8) is 0 Å². The van der Waals surface area contributed by atoms with Crippen LogP contribution >= 0.6 is 0 Å². The van der Waals surface area contributed by atoms with Crippen LogP contribution in [0.4, 0.5) is 0 Å². The van der Waals surface area contributed by atoms with Gasteiger partial charge in [0, 0.05) is 79.4 Å². The lowest BCUT2D eigenvalue weighted by atomic mass is 9.95. The Kier molecular flexibility index (Phi) is 4.62. The van der Waals surface area contributed by atoms with Crippen molar-refractivity contribution in [2.75, 3.05) is 0 Å². The molecule has 1 aliphatic heterocycles. The summed E-state index contributed by atoms with van der Waals surface area (Å²) in [6.07, 6.45) is 4.34. The molecule has 1 fully saturated rings. The zero-order chi connectivity index (χ0) is 26.5. The number of benzene rings is 2. The van der Waals surface area contributed by atoms with Crippen molar-refractivity contribution in [1.29, 1.82) is 0 Å². The van der Waals surface area contributed by atoms with Crippen LogP contribution in [0, 0.1) is 6.92 Å². The maximum absolute atomic E-state index is 2.75. The van der Waals surface area contributed by atoms with Crippen LogP contribution in [-0.2, 0) is 39.5 Å². The first kappa shape index (κ1) is 22.8. The molecule has 1 aliphatic carbocycles. The molecule has 2 aliphatic rings. The second kappa shape index (κ2) is 7.92. The lowest BCUT2D eigenvalue weighted by Gasteiger charge is -2.20. The van der Waals surface area contributed by atoms with E-state index in [1.54, 1.807) is 0 Å². The Labute approximate surface area is 229 Å². The van der Waals surface area contributed by atoms with Gasteiger partial charge in [-0.15, -0.1) is 0 Å². The summed E-state index contributed by atoms with van der Waals surface area (Å²) in [6.45, 7) is 2.30. The molecule has 4 aromatic heterocycles. The number of rotatable bonds is 1. The molecule has 8 rings (SSSR count). The predicted molar refractivity (Wildman–Crippen MR) is 157 cm³/mol. The molecular formula is C35H34N4+2. The zero-order valence-corrected chi connectivity index (χ0v) is 23.2. The highest BCUT2D eigenvalue weighted by molar-refractivity contribution is 5.92. The van der Waals surface area contributed by atoms with Crippen LogP contribution in [0.15, 0.2) is 84.9 Å². The Balaban J connectivity index is 1.47. The molecule has 5 heterocycles. The number of fused-ring (bicyclic) bond motifs is 9. The number of aromatic nitrogens is 4. The second-order valence-electron chi connectivity index (χ2n) is 11.7. The van der Waals surface area contributed by atoms with Crippen molar-refractivity contribution in [3.05, 3.63) is 107 Å². The normalized spacial score (nSPS) is 15.5. The minimum absolute atomic E-state index is 0.0722. The van der Waals surface area contributed by atoms with E-state index < -0.39 is 0 Å². The van der Waals surface area contributed by atoms with Crippen LogP contribution in [0.5, 0.6) is 0 Å². The Morgan fingerprint density at radius 2 is 1.28 bits per heavy atom. The van der Waals surface area contributed by atoms with E-state index in [4.69, 9.17) is 0 Å². The predicted octanol–water partition coefficient (Wildman–Crippen LogP) is 6.06. The van der Waals surface area contributed by atoms with Crippen LogP contribution in [0.25, 0.3) is 44.6 Å². The summed E-state index contributed by atoms with van der Waals surface area (Å²) in [5, 5.41) is 2.72. The molecule has 0 amide bonds. The minimum atomic E-state index is 0.0722. The van der Waals surface area contributed by atoms with Gasteiger partial charge in [0.25, 0.3) is 0 Å². The molecule has 0 N–H and O–H groups in total. The van der Waals surface area contributed by atoms with E-state index in [-0.39, 0.29) is 5.54 Å². The number of aryl methyl sites for hydroxylation is 3. The van der Waals surface area contributed by atoms with Crippen LogP contribution in [0.2, 0.25) is 0 Å². The van der Waals surface area contributed by atoms with E-state index in [2.05, 4.69) is 131 Å². The van der Waals surface area contributed by atoms with Crippen molar-refractivity contribution >= 4 is 21.8 Å². The summed E-state index contributed by atoms with van der Waals surface area (Å²) in [6, 6.07) is 31.6. The standard InChI is InChI=1S/C35H34N4/c1-23-26-13-5-7-15-29(26)37(3)33(23)32-18-10-12-25-21-24-11-9-17-31(36(24)2)34-28(22-35(19-20-35)39(25)32)27-14-6-8-16-30(27)38(34)4/h5-18H,19-22H2,1-4H3/q+2. The lowest BCUT2D eigenvalue weighted by Crippen LogP contribution is -2.54. The minimum Gasteiger partial charge on any atom is -0.338 e. The Morgan fingerprint density at radius 3 is 2.00 bits per heavy atom. The summed E-state index contributed by atoms with van der Waals surface area (Å²) in [5.41, 5.74) is 13.6. The number of hydrogen-bond acceptors (Lipinski definition) is 0. The van der Waals surface area contributed by atoms with Crippen molar-refractivity contribution in [1.82, 2.24) is 9.13 Å². The molecule has 2 bridgehead atoms. The van der Waals surface area contributed by atoms with Gasteiger partial charge in [-0.25, -0.2) is 0 Å². The lowest BCUT2D eigenvalue weighted by molar-refractivity contribution is -0.737. The molecule has 192 valence electrons. The molecule has 4 heteroatoms. The molecule has 0 atom stereocenters. The van der Waals surface area contributed by atoms with Crippen molar-refractivity contribution in [2.24, 2.45) is 21.1 Å². The third kappa shape index (κ3) is 3.06. The number of hydrogen-bond donors (Lipinski definition) is 0. The fourth-order valence-corrected chi connectivity index (χ4v) is 7.54. The van der Waals surface area contributed by atoms with Gasteiger partial charge in [-0.1, -0.05) is 36.4 Å². The second-order valence-corrected chi connectivity index (χ2v) is 11.7. The van der Waals surface area contributed by atoms with E-state index >= 15 is 0 Å². The highest BCUT2D eigenvalue weighted by Crippen LogP contribution is 2.47. The van der Waals surface area contributed by atoms with Crippen LogP contribution < -0.4 is 9.13 Å². The molecule has 39 heavy (non-hydrogen) atoms. The smallest absolute Gasteiger partial charge is 0.230 e. The summed E-state index contributed by atoms with van der Waals surface area (Å²) >= 11 is 0. The first-order chi connectivity index (χ1) is 19.0. The van der Waals surface area contributed by atoms with Gasteiger partial charge in [-0.05, 0) is 42.3 Å². The topological polar surface area (TPSA) is 17.6 Å². The highest BCUT2D eigenvalue weighted by Gasteiger charge is 2.56. The SMILES string of the molecule is Cc1c(-c2cccc3[n+]2C2(CC2)Cc2c(n(C)c4ccccc24)-c2cccc([n+]2C)C3)n(C)c2ccccc12. The molecule has 0 saturated heterocycles. The molecule has 6 aromatic rings. The van der Waals surface area contributed by atoms with E-state index in [9.17, 15) is 0 Å². The maximum atomic E-state index is 2.75. The third-order valence-electron chi connectivity index (χ3n) is 9.63. The Hall–Kier alpha value is -4.18. The number of nitrogens with zero attached hydrogens (tertiary/aromatic N) is 4. The van der Waals surface area contributed by atoms with Gasteiger partial charge in [0.1, 0.15) is 24.9 Å². The quantitative estimate of drug-likeness (QED) is 0.239. The monoisotopic (exact) mass is 510 g/mol. The zero-order valence-electron chi connectivity index (χ0n) is 23.2. The van der Waals surface area contributed by atoms with E-state index in [0.29, 0.717) is 0 Å². The highest BCUT2D eigenvalue weighted by atomic mass is 15.1. The van der Waals surface area contributed by atoms with Gasteiger partial charge < -0.3 is 9.13 Å². The molecule has 4 nitrogen and oxygen atoms in total. The fraction of sp³-hybridized carbons (Fsp3) is 0.257. The third-order valence-corrected chi connectivity index (χ3v) is 9.63. The summed E-state index contributed by atoms with van der Waals surface area (Å²) in [7, 11) is 6.71. The first-order valence-electron chi connectivity index (χ1n) is 14.1. The van der Waals surface area contributed by atoms with E-state index in [1.165, 1.54) is 79.9 Å². The Bertz CT molecular complexity index is 1930. The first-order valence-corrected chi connectivity index (χ1v) is 14.1. The van der Waals surface area contributed by atoms with Gasteiger partial charge in [0.05, 0.1) is 0 Å².